The smallest absolute Gasteiger partial charge is 0.306 e. The van der Waals surface area contributed by atoms with E-state index in [1.807, 2.05) is 6.92 Å². The van der Waals surface area contributed by atoms with Crippen molar-refractivity contribution in [3.05, 3.63) is 0 Å². The van der Waals surface area contributed by atoms with Gasteiger partial charge in [-0.3, -0.25) is 4.79 Å². The van der Waals surface area contributed by atoms with Crippen molar-refractivity contribution >= 4 is 16.0 Å². The lowest BCUT2D eigenvalue weighted by molar-refractivity contribution is -0.152. The van der Waals surface area contributed by atoms with Gasteiger partial charge >= 0.3 is 5.97 Å². The number of nitrogens with one attached hydrogen (secondary N) is 2. The van der Waals surface area contributed by atoms with Gasteiger partial charge in [0.25, 0.3) is 0 Å². The molecule has 1 saturated heterocycles. The van der Waals surface area contributed by atoms with Crippen molar-refractivity contribution in [2.24, 2.45) is 11.3 Å². The molecule has 26 heavy (non-hydrogen) atoms. The fourth-order valence-electron chi connectivity index (χ4n) is 2.72. The molecule has 1 aliphatic heterocycles. The summed E-state index contributed by atoms with van der Waals surface area (Å²) in [5.41, 5.74) is -0.0531. The number of carbonyl (C=O) groups excluding carboxylic acids is 1. The van der Waals surface area contributed by atoms with Gasteiger partial charge in [0.05, 0.1) is 12.4 Å². The molecule has 1 rings (SSSR count). The average Bonchev–Trinajstić information content (AvgIpc) is 2.57. The van der Waals surface area contributed by atoms with Crippen molar-refractivity contribution in [2.75, 3.05) is 32.5 Å². The van der Waals surface area contributed by atoms with Gasteiger partial charge in [-0.2, -0.15) is 0 Å². The lowest BCUT2D eigenvalue weighted by Crippen LogP contribution is -2.41. The molecule has 0 unspecified atom stereocenters. The summed E-state index contributed by atoms with van der Waals surface area (Å²) in [6.07, 6.45) is 3.79. The molecule has 0 aromatic carbocycles. The molecular weight excluding hydrogens is 356 g/mol. The molecule has 8 heteroatoms. The molecule has 2 atom stereocenters. The minimum absolute atomic E-state index is 0.0520. The normalized spacial score (nSPS) is 19.1. The van der Waals surface area contributed by atoms with E-state index < -0.39 is 16.1 Å². The van der Waals surface area contributed by atoms with Crippen LogP contribution in [0.4, 0.5) is 0 Å². The number of sulfonamides is 1. The predicted molar refractivity (Wildman–Crippen MR) is 102 cm³/mol. The van der Waals surface area contributed by atoms with Crippen molar-refractivity contribution < 1.29 is 22.7 Å². The van der Waals surface area contributed by atoms with Gasteiger partial charge in [0.15, 0.2) is 0 Å². The summed E-state index contributed by atoms with van der Waals surface area (Å²) in [4.78, 5) is 12.1. The van der Waals surface area contributed by atoms with Crippen LogP contribution in [0.25, 0.3) is 0 Å². The molecule has 0 radical (unpaired) electrons. The van der Waals surface area contributed by atoms with Gasteiger partial charge in [-0.25, -0.2) is 13.1 Å². The van der Waals surface area contributed by atoms with E-state index in [2.05, 4.69) is 30.8 Å². The Morgan fingerprint density at radius 2 is 1.92 bits per heavy atom. The fourth-order valence-corrected chi connectivity index (χ4v) is 3.21. The van der Waals surface area contributed by atoms with Crippen LogP contribution in [-0.2, 0) is 24.3 Å². The summed E-state index contributed by atoms with van der Waals surface area (Å²) in [6, 6.07) is 0. The van der Waals surface area contributed by atoms with Gasteiger partial charge < -0.3 is 14.8 Å². The fraction of sp³-hybridized carbons (Fsp3) is 0.944. The molecule has 1 heterocycles. The molecule has 0 spiro atoms. The maximum absolute atomic E-state index is 12.1. The Morgan fingerprint density at radius 3 is 2.46 bits per heavy atom. The van der Waals surface area contributed by atoms with E-state index >= 15 is 0 Å². The van der Waals surface area contributed by atoms with Crippen molar-refractivity contribution in [1.82, 2.24) is 10.0 Å². The third kappa shape index (κ3) is 9.30. The zero-order valence-electron chi connectivity index (χ0n) is 16.8. The van der Waals surface area contributed by atoms with Crippen molar-refractivity contribution in [2.45, 2.75) is 65.6 Å². The van der Waals surface area contributed by atoms with Gasteiger partial charge in [0, 0.05) is 13.0 Å². The van der Waals surface area contributed by atoms with E-state index in [0.717, 1.165) is 38.6 Å². The highest BCUT2D eigenvalue weighted by atomic mass is 32.2. The standard InChI is InChI=1S/C18H36N2O5S/c1-6-18(3,4)14(2)25-16(12-20-26(5,22)23)13-24-17(21)11-15-7-9-19-10-8-15/h14-16,19-20H,6-13H2,1-5H3/t14-,16-/m0/s1. The van der Waals surface area contributed by atoms with Crippen molar-refractivity contribution in [1.29, 1.82) is 0 Å². The van der Waals surface area contributed by atoms with Gasteiger partial charge in [-0.1, -0.05) is 20.8 Å². The van der Waals surface area contributed by atoms with Crippen LogP contribution in [0.15, 0.2) is 0 Å². The highest BCUT2D eigenvalue weighted by Crippen LogP contribution is 2.27. The first-order valence-corrected chi connectivity index (χ1v) is 11.4. The highest BCUT2D eigenvalue weighted by molar-refractivity contribution is 7.88. The van der Waals surface area contributed by atoms with E-state index in [1.54, 1.807) is 0 Å². The molecule has 7 nitrogen and oxygen atoms in total. The molecule has 154 valence electrons. The molecule has 2 N–H and O–H groups in total. The molecule has 0 amide bonds. The SMILES string of the molecule is CCC(C)(C)[C@H](C)O[C@@H](CNS(C)(=O)=O)COC(=O)CC1CCNCC1. The number of carbonyl (C=O) groups is 1. The summed E-state index contributed by atoms with van der Waals surface area (Å²) in [5.74, 6) is 0.113. The second kappa shape index (κ2) is 10.6. The maximum Gasteiger partial charge on any atom is 0.306 e. The quantitative estimate of drug-likeness (QED) is 0.520. The molecule has 0 aromatic rings. The average molecular weight is 393 g/mol. The van der Waals surface area contributed by atoms with Gasteiger partial charge in [0.2, 0.25) is 10.0 Å². The first-order valence-electron chi connectivity index (χ1n) is 9.50. The number of esters is 1. The van der Waals surface area contributed by atoms with Crippen LogP contribution in [0, 0.1) is 11.3 Å². The van der Waals surface area contributed by atoms with E-state index in [1.165, 1.54) is 0 Å². The molecule has 0 aromatic heterocycles. The Bertz CT molecular complexity index is 530. The Morgan fingerprint density at radius 1 is 1.31 bits per heavy atom. The van der Waals surface area contributed by atoms with E-state index in [4.69, 9.17) is 9.47 Å². The largest absolute Gasteiger partial charge is 0.463 e. The molecule has 1 fully saturated rings. The van der Waals surface area contributed by atoms with Crippen molar-refractivity contribution in [3.8, 4) is 0 Å². The van der Waals surface area contributed by atoms with E-state index in [-0.39, 0.29) is 30.6 Å². The van der Waals surface area contributed by atoms with E-state index in [9.17, 15) is 13.2 Å². The van der Waals surface area contributed by atoms with Crippen LogP contribution in [-0.4, -0.2) is 59.1 Å². The zero-order valence-corrected chi connectivity index (χ0v) is 17.7. The minimum Gasteiger partial charge on any atom is -0.463 e. The third-order valence-electron chi connectivity index (χ3n) is 5.33. The van der Waals surface area contributed by atoms with Crippen LogP contribution in [0.1, 0.15) is 53.4 Å². The number of rotatable bonds is 11. The summed E-state index contributed by atoms with van der Waals surface area (Å²) >= 11 is 0. The summed E-state index contributed by atoms with van der Waals surface area (Å²) in [7, 11) is -3.33. The van der Waals surface area contributed by atoms with Crippen LogP contribution in [0.3, 0.4) is 0 Å². The number of ether oxygens (including phenoxy) is 2. The first-order chi connectivity index (χ1) is 12.0. The number of piperidine rings is 1. The Labute approximate surface area is 158 Å². The third-order valence-corrected chi connectivity index (χ3v) is 6.02. The van der Waals surface area contributed by atoms with Crippen LogP contribution in [0.2, 0.25) is 0 Å². The Hall–Kier alpha value is -0.700. The maximum atomic E-state index is 12.1. The van der Waals surface area contributed by atoms with Crippen LogP contribution in [0.5, 0.6) is 0 Å². The van der Waals surface area contributed by atoms with Gasteiger partial charge in [-0.05, 0) is 50.6 Å². The van der Waals surface area contributed by atoms with Crippen LogP contribution >= 0.6 is 0 Å². The molecule has 1 aliphatic rings. The predicted octanol–water partition coefficient (Wildman–Crippen LogP) is 1.68. The van der Waals surface area contributed by atoms with Gasteiger partial charge in [0.1, 0.15) is 12.7 Å². The van der Waals surface area contributed by atoms with E-state index in [0.29, 0.717) is 12.3 Å². The number of hydrogen-bond donors (Lipinski definition) is 2. The number of hydrogen-bond acceptors (Lipinski definition) is 6. The zero-order chi connectivity index (χ0) is 19.8. The van der Waals surface area contributed by atoms with Crippen LogP contribution < -0.4 is 10.0 Å². The Kier molecular flexibility index (Phi) is 9.50. The topological polar surface area (TPSA) is 93.7 Å². The monoisotopic (exact) mass is 392 g/mol. The molecule has 0 bridgehead atoms. The highest BCUT2D eigenvalue weighted by Gasteiger charge is 2.28. The van der Waals surface area contributed by atoms with Gasteiger partial charge in [-0.15, -0.1) is 0 Å². The Balaban J connectivity index is 2.55. The second-order valence-electron chi connectivity index (χ2n) is 7.94. The summed E-state index contributed by atoms with van der Waals surface area (Å²) < 4.78 is 36.7. The van der Waals surface area contributed by atoms with Crippen molar-refractivity contribution in [3.63, 3.8) is 0 Å². The molecule has 0 aliphatic carbocycles. The first kappa shape index (κ1) is 23.3. The summed E-state index contributed by atoms with van der Waals surface area (Å²) in [5, 5.41) is 3.27. The lowest BCUT2D eigenvalue weighted by atomic mass is 9.84. The minimum atomic E-state index is -3.33. The second-order valence-corrected chi connectivity index (χ2v) is 9.78. The summed E-state index contributed by atoms with van der Waals surface area (Å²) in [6.45, 7) is 10.3. The molecule has 0 saturated carbocycles. The molecular formula is C18H36N2O5S. The lowest BCUT2D eigenvalue weighted by Gasteiger charge is -2.33.